The van der Waals surface area contributed by atoms with Crippen LogP contribution in [0.1, 0.15) is 0 Å². The normalized spacial score (nSPS) is 10.7. The van der Waals surface area contributed by atoms with Gasteiger partial charge in [0.1, 0.15) is 10.1 Å². The van der Waals surface area contributed by atoms with E-state index in [1.807, 2.05) is 6.20 Å². The van der Waals surface area contributed by atoms with E-state index in [4.69, 9.17) is 0 Å². The van der Waals surface area contributed by atoms with Crippen LogP contribution in [0.4, 0.5) is 0 Å². The van der Waals surface area contributed by atoms with Crippen LogP contribution in [0.5, 0.6) is 0 Å². The monoisotopic (exact) mass is 323 g/mol. The summed E-state index contributed by atoms with van der Waals surface area (Å²) < 4.78 is 1.85. The van der Waals surface area contributed by atoms with Gasteiger partial charge in [0.05, 0.1) is 9.77 Å². The molecule has 0 saturated heterocycles. The number of aromatic nitrogens is 3. The van der Waals surface area contributed by atoms with Crippen molar-refractivity contribution in [1.82, 2.24) is 15.0 Å². The Balaban J connectivity index is 2.86. The molecule has 2 aromatic heterocycles. The summed E-state index contributed by atoms with van der Waals surface area (Å²) in [7, 11) is 0. The minimum atomic E-state index is 0.753. The maximum Gasteiger partial charge on any atom is 0.158 e. The fourth-order valence-corrected chi connectivity index (χ4v) is 1.67. The molecule has 0 aromatic carbocycles. The third-order valence-electron chi connectivity index (χ3n) is 1.30. The van der Waals surface area contributed by atoms with Crippen molar-refractivity contribution < 1.29 is 0 Å². The fourth-order valence-electron chi connectivity index (χ4n) is 0.843. The molecule has 0 atom stereocenters. The predicted molar refractivity (Wildman–Crippen MR) is 54.3 cm³/mol. The lowest BCUT2D eigenvalue weighted by atomic mass is 10.5. The first-order chi connectivity index (χ1) is 5.27. The minimum Gasteiger partial charge on any atom is -0.344 e. The molecule has 0 saturated carbocycles. The Labute approximate surface area is 84.9 Å². The Morgan fingerprint density at radius 1 is 1.55 bits per heavy atom. The Morgan fingerprint density at radius 2 is 2.36 bits per heavy atom. The smallest absolute Gasteiger partial charge is 0.158 e. The molecule has 56 valence electrons. The molecule has 0 unspecified atom stereocenters. The van der Waals surface area contributed by atoms with Crippen LogP contribution in [-0.2, 0) is 0 Å². The number of hydrogen-bond acceptors (Lipinski definition) is 2. The van der Waals surface area contributed by atoms with Gasteiger partial charge in [-0.1, -0.05) is 0 Å². The molecule has 0 spiro atoms. The molecule has 2 rings (SSSR count). The van der Waals surface area contributed by atoms with Gasteiger partial charge in [0.25, 0.3) is 0 Å². The Morgan fingerprint density at radius 3 is 3.18 bits per heavy atom. The number of halogens is 2. The summed E-state index contributed by atoms with van der Waals surface area (Å²) in [5, 5.41) is 0. The summed E-state index contributed by atoms with van der Waals surface area (Å²) in [6.45, 7) is 0. The lowest BCUT2D eigenvalue weighted by molar-refractivity contribution is 1.22. The molecular weight excluding hydrogens is 321 g/mol. The molecule has 3 nitrogen and oxygen atoms in total. The lowest BCUT2D eigenvalue weighted by Gasteiger charge is -1.88. The number of H-pyrrole nitrogens is 1. The molecule has 1 N–H and O–H groups in total. The number of rotatable bonds is 0. The van der Waals surface area contributed by atoms with Gasteiger partial charge in [-0.3, -0.25) is 0 Å². The minimum absolute atomic E-state index is 0.753. The highest BCUT2D eigenvalue weighted by molar-refractivity contribution is 14.1. The van der Waals surface area contributed by atoms with Gasteiger partial charge in [-0.05, 0) is 38.5 Å². The van der Waals surface area contributed by atoms with Crippen molar-refractivity contribution in [2.75, 3.05) is 0 Å². The second-order valence-electron chi connectivity index (χ2n) is 2.03. The van der Waals surface area contributed by atoms with Gasteiger partial charge in [-0.2, -0.15) is 0 Å². The van der Waals surface area contributed by atoms with Gasteiger partial charge in [0.15, 0.2) is 5.65 Å². The Kier molecular flexibility index (Phi) is 1.84. The van der Waals surface area contributed by atoms with E-state index in [1.54, 1.807) is 6.20 Å². The molecule has 11 heavy (non-hydrogen) atoms. The first-order valence-electron chi connectivity index (χ1n) is 2.92. The summed E-state index contributed by atoms with van der Waals surface area (Å²) in [6.07, 6.45) is 3.58. The van der Waals surface area contributed by atoms with E-state index in [9.17, 15) is 0 Å². The highest BCUT2D eigenvalue weighted by atomic mass is 127. The number of nitrogens with one attached hydrogen (secondary N) is 1. The molecule has 0 amide bonds. The zero-order valence-electron chi connectivity index (χ0n) is 5.31. The lowest BCUT2D eigenvalue weighted by Crippen LogP contribution is -1.81. The fraction of sp³-hybridized carbons (Fsp3) is 0. The summed E-state index contributed by atoms with van der Waals surface area (Å²) in [6, 6.07) is 0. The van der Waals surface area contributed by atoms with Crippen LogP contribution in [0.3, 0.4) is 0 Å². The average molecular weight is 324 g/mol. The highest BCUT2D eigenvalue weighted by Crippen LogP contribution is 2.17. The second kappa shape index (κ2) is 2.71. The van der Waals surface area contributed by atoms with E-state index in [0.29, 0.717) is 0 Å². The number of hydrogen-bond donors (Lipinski definition) is 1. The molecule has 5 heteroatoms. The Bertz CT molecular complexity index is 398. The van der Waals surface area contributed by atoms with E-state index in [0.717, 1.165) is 19.3 Å². The molecule has 2 heterocycles. The van der Waals surface area contributed by atoms with E-state index >= 15 is 0 Å². The molecule has 0 bridgehead atoms. The van der Waals surface area contributed by atoms with Crippen LogP contribution >= 0.6 is 38.5 Å². The summed E-state index contributed by atoms with van der Waals surface area (Å²) in [5.74, 6) is 0. The molecule has 0 aliphatic heterocycles. The van der Waals surface area contributed by atoms with Gasteiger partial charge < -0.3 is 4.98 Å². The van der Waals surface area contributed by atoms with Crippen LogP contribution < -0.4 is 0 Å². The van der Waals surface area contributed by atoms with Crippen molar-refractivity contribution in [1.29, 1.82) is 0 Å². The zero-order valence-corrected chi connectivity index (χ0v) is 9.05. The van der Waals surface area contributed by atoms with Crippen molar-refractivity contribution in [3.8, 4) is 0 Å². The largest absolute Gasteiger partial charge is 0.344 e. The molecular formula is C6H3BrIN3. The van der Waals surface area contributed by atoms with Crippen LogP contribution in [0.15, 0.2) is 17.0 Å². The molecule has 0 radical (unpaired) electrons. The van der Waals surface area contributed by atoms with E-state index in [2.05, 4.69) is 53.5 Å². The van der Waals surface area contributed by atoms with Gasteiger partial charge >= 0.3 is 0 Å². The molecule has 2 aromatic rings. The standard InChI is InChI=1S/C6H3BrIN3/c7-4-2-9-5-3(8)1-10-6(5)11-4/h1-2H,(H,10,11). The third kappa shape index (κ3) is 1.26. The SMILES string of the molecule is Brc1cnc2c(I)c[nH]c2n1. The molecule has 0 fully saturated rings. The van der Waals surface area contributed by atoms with Gasteiger partial charge in [-0.15, -0.1) is 0 Å². The van der Waals surface area contributed by atoms with Gasteiger partial charge in [0.2, 0.25) is 0 Å². The quantitative estimate of drug-likeness (QED) is 0.756. The van der Waals surface area contributed by atoms with Crippen molar-refractivity contribution in [2.24, 2.45) is 0 Å². The first kappa shape index (κ1) is 7.48. The van der Waals surface area contributed by atoms with Gasteiger partial charge in [0, 0.05) is 6.20 Å². The van der Waals surface area contributed by atoms with Crippen molar-refractivity contribution >= 4 is 49.7 Å². The van der Waals surface area contributed by atoms with E-state index < -0.39 is 0 Å². The topological polar surface area (TPSA) is 41.6 Å². The summed E-state index contributed by atoms with van der Waals surface area (Å²) in [5.41, 5.74) is 1.75. The average Bonchev–Trinajstić information content (AvgIpc) is 2.32. The number of aromatic amines is 1. The highest BCUT2D eigenvalue weighted by Gasteiger charge is 2.02. The first-order valence-corrected chi connectivity index (χ1v) is 4.79. The van der Waals surface area contributed by atoms with Crippen molar-refractivity contribution in [3.05, 3.63) is 20.6 Å². The zero-order chi connectivity index (χ0) is 7.84. The van der Waals surface area contributed by atoms with E-state index in [1.165, 1.54) is 0 Å². The van der Waals surface area contributed by atoms with Crippen LogP contribution in [0.2, 0.25) is 0 Å². The van der Waals surface area contributed by atoms with Crippen molar-refractivity contribution in [2.45, 2.75) is 0 Å². The van der Waals surface area contributed by atoms with E-state index in [-0.39, 0.29) is 0 Å². The third-order valence-corrected chi connectivity index (χ3v) is 2.51. The van der Waals surface area contributed by atoms with Gasteiger partial charge in [-0.25, -0.2) is 9.97 Å². The van der Waals surface area contributed by atoms with Crippen LogP contribution in [0, 0.1) is 3.57 Å². The summed E-state index contributed by atoms with van der Waals surface area (Å²) >= 11 is 5.46. The molecule has 0 aliphatic rings. The maximum atomic E-state index is 4.19. The van der Waals surface area contributed by atoms with Crippen LogP contribution in [-0.4, -0.2) is 15.0 Å². The number of fused-ring (bicyclic) bond motifs is 1. The van der Waals surface area contributed by atoms with Crippen LogP contribution in [0.25, 0.3) is 11.2 Å². The second-order valence-corrected chi connectivity index (χ2v) is 4.00. The van der Waals surface area contributed by atoms with Crippen molar-refractivity contribution in [3.63, 3.8) is 0 Å². The molecule has 0 aliphatic carbocycles. The number of nitrogens with zero attached hydrogens (tertiary/aromatic N) is 2. The predicted octanol–water partition coefficient (Wildman–Crippen LogP) is 2.32. The summed E-state index contributed by atoms with van der Waals surface area (Å²) in [4.78, 5) is 11.4. The maximum absolute atomic E-state index is 4.19. The Hall–Kier alpha value is -0.170.